The third-order valence-electron chi connectivity index (χ3n) is 6.02. The molecule has 25 heavy (non-hydrogen) atoms. The highest BCUT2D eigenvalue weighted by Crippen LogP contribution is 2.32. The van der Waals surface area contributed by atoms with E-state index in [1.54, 1.807) is 4.57 Å². The molecule has 1 amide bonds. The van der Waals surface area contributed by atoms with Crippen LogP contribution >= 0.6 is 0 Å². The lowest BCUT2D eigenvalue weighted by atomic mass is 9.82. The minimum absolute atomic E-state index is 0.148. The number of benzene rings is 1. The quantitative estimate of drug-likeness (QED) is 0.912. The number of carbonyl (C=O) groups excluding carboxylic acids is 1. The summed E-state index contributed by atoms with van der Waals surface area (Å²) in [5.74, 6) is 0. The van der Waals surface area contributed by atoms with E-state index in [9.17, 15) is 9.59 Å². The Morgan fingerprint density at radius 3 is 2.44 bits per heavy atom. The fraction of sp³-hybridized carbons (Fsp3) is 0.579. The van der Waals surface area contributed by atoms with Crippen molar-refractivity contribution in [3.63, 3.8) is 0 Å². The minimum Gasteiger partial charge on any atom is -0.334 e. The van der Waals surface area contributed by atoms with Gasteiger partial charge >= 0.3 is 11.7 Å². The SMILES string of the molecule is CCn1c(=O)n(C(=O)N[C@H]2C[C@H]3CCC[C@@H](C2)N3C)c2ccccc21. The van der Waals surface area contributed by atoms with E-state index in [4.69, 9.17) is 0 Å². The molecule has 0 radical (unpaired) electrons. The highest BCUT2D eigenvalue weighted by molar-refractivity contribution is 5.89. The van der Waals surface area contributed by atoms with Crippen molar-refractivity contribution in [1.29, 1.82) is 0 Å². The smallest absolute Gasteiger partial charge is 0.334 e. The zero-order chi connectivity index (χ0) is 17.6. The first-order chi connectivity index (χ1) is 12.1. The Bertz CT molecular complexity index is 839. The minimum atomic E-state index is -0.291. The number of piperidine rings is 2. The monoisotopic (exact) mass is 342 g/mol. The summed E-state index contributed by atoms with van der Waals surface area (Å²) in [7, 11) is 2.20. The fourth-order valence-corrected chi connectivity index (χ4v) is 4.68. The van der Waals surface area contributed by atoms with E-state index in [2.05, 4.69) is 17.3 Å². The van der Waals surface area contributed by atoms with Gasteiger partial charge in [0.1, 0.15) is 0 Å². The molecule has 3 atom stereocenters. The van der Waals surface area contributed by atoms with Gasteiger partial charge in [0, 0.05) is 24.7 Å². The summed E-state index contributed by atoms with van der Waals surface area (Å²) in [4.78, 5) is 28.1. The average Bonchev–Trinajstić information content (AvgIpc) is 2.87. The molecule has 6 nitrogen and oxygen atoms in total. The largest absolute Gasteiger partial charge is 0.337 e. The predicted octanol–water partition coefficient (Wildman–Crippen LogP) is 2.40. The molecule has 2 fully saturated rings. The van der Waals surface area contributed by atoms with Crippen LogP contribution in [0.25, 0.3) is 11.0 Å². The van der Waals surface area contributed by atoms with Gasteiger partial charge in [-0.3, -0.25) is 4.57 Å². The molecule has 0 spiro atoms. The number of nitrogens with zero attached hydrogens (tertiary/aromatic N) is 3. The Kier molecular flexibility index (Phi) is 4.15. The molecule has 6 heteroatoms. The Morgan fingerprint density at radius 1 is 1.16 bits per heavy atom. The fourth-order valence-electron chi connectivity index (χ4n) is 4.68. The van der Waals surface area contributed by atoms with Crippen LogP contribution in [0.1, 0.15) is 39.0 Å². The van der Waals surface area contributed by atoms with Crippen LogP contribution in [0.4, 0.5) is 4.79 Å². The average molecular weight is 342 g/mol. The highest BCUT2D eigenvalue weighted by atomic mass is 16.2. The van der Waals surface area contributed by atoms with Crippen LogP contribution in [0, 0.1) is 0 Å². The van der Waals surface area contributed by atoms with Gasteiger partial charge < -0.3 is 10.2 Å². The lowest BCUT2D eigenvalue weighted by Crippen LogP contribution is -2.56. The zero-order valence-corrected chi connectivity index (χ0v) is 14.9. The first-order valence-corrected chi connectivity index (χ1v) is 9.33. The molecule has 1 aromatic carbocycles. The molecular weight excluding hydrogens is 316 g/mol. The van der Waals surface area contributed by atoms with Crippen molar-refractivity contribution in [1.82, 2.24) is 19.4 Å². The maximum atomic E-state index is 12.9. The number of imidazole rings is 1. The Balaban J connectivity index is 1.61. The molecule has 0 unspecified atom stereocenters. The van der Waals surface area contributed by atoms with Crippen molar-refractivity contribution in [3.8, 4) is 0 Å². The molecule has 0 aliphatic carbocycles. The Morgan fingerprint density at radius 2 is 1.80 bits per heavy atom. The number of carbonyl (C=O) groups is 1. The second kappa shape index (κ2) is 6.33. The lowest BCUT2D eigenvalue weighted by molar-refractivity contribution is 0.0509. The lowest BCUT2D eigenvalue weighted by Gasteiger charge is -2.47. The van der Waals surface area contributed by atoms with Gasteiger partial charge in [-0.05, 0) is 51.8 Å². The van der Waals surface area contributed by atoms with Gasteiger partial charge in [-0.2, -0.15) is 0 Å². The molecule has 2 saturated heterocycles. The van der Waals surface area contributed by atoms with Gasteiger partial charge in [0.05, 0.1) is 11.0 Å². The molecule has 0 saturated carbocycles. The third kappa shape index (κ3) is 2.68. The van der Waals surface area contributed by atoms with Crippen molar-refractivity contribution < 1.29 is 4.79 Å². The molecule has 2 aliphatic rings. The van der Waals surface area contributed by atoms with Gasteiger partial charge in [-0.25, -0.2) is 14.2 Å². The summed E-state index contributed by atoms with van der Waals surface area (Å²) >= 11 is 0. The molecule has 2 bridgehead atoms. The molecule has 3 heterocycles. The number of rotatable bonds is 2. The van der Waals surface area contributed by atoms with Gasteiger partial charge in [0.2, 0.25) is 0 Å². The number of para-hydroxylation sites is 2. The molecule has 2 aromatic rings. The second-order valence-electron chi connectivity index (χ2n) is 7.37. The molecule has 134 valence electrons. The van der Waals surface area contributed by atoms with E-state index < -0.39 is 0 Å². The van der Waals surface area contributed by atoms with Gasteiger partial charge in [-0.15, -0.1) is 0 Å². The number of amides is 1. The normalized spacial score (nSPS) is 26.7. The van der Waals surface area contributed by atoms with E-state index in [1.165, 1.54) is 23.8 Å². The number of fused-ring (bicyclic) bond motifs is 3. The van der Waals surface area contributed by atoms with Gasteiger partial charge in [-0.1, -0.05) is 18.6 Å². The maximum Gasteiger partial charge on any atom is 0.337 e. The van der Waals surface area contributed by atoms with E-state index in [1.807, 2.05) is 31.2 Å². The van der Waals surface area contributed by atoms with Crippen LogP contribution in [0.3, 0.4) is 0 Å². The Hall–Kier alpha value is -2.08. The van der Waals surface area contributed by atoms with Crippen molar-refractivity contribution in [2.24, 2.45) is 0 Å². The van der Waals surface area contributed by atoms with Crippen molar-refractivity contribution in [2.45, 2.75) is 63.7 Å². The highest BCUT2D eigenvalue weighted by Gasteiger charge is 2.36. The topological polar surface area (TPSA) is 59.3 Å². The summed E-state index contributed by atoms with van der Waals surface area (Å²) < 4.78 is 2.95. The van der Waals surface area contributed by atoms with E-state index >= 15 is 0 Å². The molecule has 1 N–H and O–H groups in total. The summed E-state index contributed by atoms with van der Waals surface area (Å²) in [6.07, 6.45) is 5.63. The number of hydrogen-bond donors (Lipinski definition) is 1. The van der Waals surface area contributed by atoms with Crippen LogP contribution in [0.5, 0.6) is 0 Å². The van der Waals surface area contributed by atoms with Crippen LogP contribution in [-0.2, 0) is 6.54 Å². The van der Waals surface area contributed by atoms with Crippen LogP contribution in [-0.4, -0.2) is 45.2 Å². The molecule has 2 aliphatic heterocycles. The van der Waals surface area contributed by atoms with E-state index in [0.717, 1.165) is 18.4 Å². The van der Waals surface area contributed by atoms with E-state index in [0.29, 0.717) is 24.1 Å². The zero-order valence-electron chi connectivity index (χ0n) is 14.9. The number of nitrogens with one attached hydrogen (secondary N) is 1. The number of hydrogen-bond acceptors (Lipinski definition) is 3. The van der Waals surface area contributed by atoms with Crippen LogP contribution in [0.2, 0.25) is 0 Å². The summed E-state index contributed by atoms with van der Waals surface area (Å²) in [5, 5.41) is 3.14. The van der Waals surface area contributed by atoms with Crippen molar-refractivity contribution >= 4 is 17.1 Å². The van der Waals surface area contributed by atoms with Crippen molar-refractivity contribution in [3.05, 3.63) is 34.7 Å². The third-order valence-corrected chi connectivity index (χ3v) is 6.02. The second-order valence-corrected chi connectivity index (χ2v) is 7.37. The summed E-state index contributed by atoms with van der Waals surface area (Å²) in [6, 6.07) is 8.45. The summed E-state index contributed by atoms with van der Waals surface area (Å²) in [5.41, 5.74) is 1.24. The molecule has 4 rings (SSSR count). The van der Waals surface area contributed by atoms with E-state index in [-0.39, 0.29) is 17.8 Å². The first-order valence-electron chi connectivity index (χ1n) is 9.33. The first kappa shape index (κ1) is 16.4. The predicted molar refractivity (Wildman–Crippen MR) is 98.0 cm³/mol. The maximum absolute atomic E-state index is 12.9. The molecular formula is C19H26N4O2. The van der Waals surface area contributed by atoms with Crippen molar-refractivity contribution in [2.75, 3.05) is 7.05 Å². The summed E-state index contributed by atoms with van der Waals surface area (Å²) in [6.45, 7) is 2.48. The van der Waals surface area contributed by atoms with Gasteiger partial charge in [0.15, 0.2) is 0 Å². The standard InChI is InChI=1S/C19H26N4O2/c1-3-22-16-9-4-5-10-17(16)23(19(22)25)18(24)20-13-11-14-7-6-8-15(12-13)21(14)2/h4-5,9-10,13-15H,3,6-8,11-12H2,1-2H3,(H,20,24)/t13-,14+,15-. The number of aryl methyl sites for hydroxylation is 1. The Labute approximate surface area is 147 Å². The molecule has 1 aromatic heterocycles. The van der Waals surface area contributed by atoms with Crippen LogP contribution < -0.4 is 11.0 Å². The van der Waals surface area contributed by atoms with Crippen LogP contribution in [0.15, 0.2) is 29.1 Å². The van der Waals surface area contributed by atoms with Gasteiger partial charge in [0.25, 0.3) is 0 Å². The number of aromatic nitrogens is 2.